The van der Waals surface area contributed by atoms with E-state index in [0.717, 1.165) is 12.1 Å². The van der Waals surface area contributed by atoms with Crippen molar-refractivity contribution >= 4 is 0 Å². The number of phenolic OH excluding ortho intramolecular Hbond substituents is 1. The first-order valence-corrected chi connectivity index (χ1v) is 5.82. The Balaban J connectivity index is 1.95. The van der Waals surface area contributed by atoms with Crippen molar-refractivity contribution in [2.24, 2.45) is 0 Å². The van der Waals surface area contributed by atoms with Gasteiger partial charge in [0.1, 0.15) is 5.75 Å². The van der Waals surface area contributed by atoms with Crippen LogP contribution in [0.3, 0.4) is 0 Å². The van der Waals surface area contributed by atoms with Crippen molar-refractivity contribution in [1.29, 1.82) is 0 Å². The van der Waals surface area contributed by atoms with Crippen LogP contribution in [0, 0.1) is 0 Å². The van der Waals surface area contributed by atoms with Crippen LogP contribution in [0.25, 0.3) is 0 Å². The number of nitrogens with one attached hydrogen (secondary N) is 1. The number of benzene rings is 2. The third-order valence-corrected chi connectivity index (χ3v) is 2.82. The molecule has 0 aliphatic heterocycles. The first-order chi connectivity index (χ1) is 8.25. The Morgan fingerprint density at radius 2 is 1.82 bits per heavy atom. The van der Waals surface area contributed by atoms with Gasteiger partial charge in [-0.25, -0.2) is 0 Å². The third-order valence-electron chi connectivity index (χ3n) is 2.82. The Kier molecular flexibility index (Phi) is 3.78. The van der Waals surface area contributed by atoms with E-state index in [2.05, 4.69) is 24.4 Å². The molecule has 0 radical (unpaired) electrons. The number of hydrogen-bond acceptors (Lipinski definition) is 2. The van der Waals surface area contributed by atoms with Gasteiger partial charge in [-0.2, -0.15) is 0 Å². The minimum absolute atomic E-state index is 0.304. The Hall–Kier alpha value is -1.80. The minimum Gasteiger partial charge on any atom is -0.508 e. The number of aromatic hydroxyl groups is 1. The molecule has 0 saturated heterocycles. The largest absolute Gasteiger partial charge is 0.508 e. The maximum absolute atomic E-state index is 9.37. The molecule has 2 nitrogen and oxygen atoms in total. The van der Waals surface area contributed by atoms with Crippen molar-refractivity contribution in [1.82, 2.24) is 5.32 Å². The molecule has 2 aromatic carbocycles. The van der Waals surface area contributed by atoms with Gasteiger partial charge in [0.25, 0.3) is 0 Å². The summed E-state index contributed by atoms with van der Waals surface area (Å²) in [6.45, 7) is 2.89. The van der Waals surface area contributed by atoms with Crippen molar-refractivity contribution in [2.45, 2.75) is 19.5 Å². The summed E-state index contributed by atoms with van der Waals surface area (Å²) in [4.78, 5) is 0. The zero-order chi connectivity index (χ0) is 12.1. The molecule has 0 aliphatic rings. The van der Waals surface area contributed by atoms with Gasteiger partial charge in [0.2, 0.25) is 0 Å². The second kappa shape index (κ2) is 5.51. The Labute approximate surface area is 102 Å². The van der Waals surface area contributed by atoms with E-state index in [1.807, 2.05) is 30.3 Å². The lowest BCUT2D eigenvalue weighted by molar-refractivity contribution is 0.473. The highest BCUT2D eigenvalue weighted by Crippen LogP contribution is 2.14. The van der Waals surface area contributed by atoms with Crippen molar-refractivity contribution in [3.05, 3.63) is 65.7 Å². The van der Waals surface area contributed by atoms with Crippen LogP contribution in [-0.4, -0.2) is 5.11 Å². The van der Waals surface area contributed by atoms with E-state index in [1.54, 1.807) is 12.1 Å². The van der Waals surface area contributed by atoms with Gasteiger partial charge in [0.05, 0.1) is 0 Å². The molecule has 17 heavy (non-hydrogen) atoms. The minimum atomic E-state index is 0.304. The fourth-order valence-corrected chi connectivity index (χ4v) is 1.80. The molecule has 0 bridgehead atoms. The van der Waals surface area contributed by atoms with Gasteiger partial charge in [-0.15, -0.1) is 0 Å². The fraction of sp³-hybridized carbons (Fsp3) is 0.200. The molecule has 2 rings (SSSR count). The molecule has 1 unspecified atom stereocenters. The Morgan fingerprint density at radius 1 is 1.06 bits per heavy atom. The number of hydrogen-bond donors (Lipinski definition) is 2. The van der Waals surface area contributed by atoms with Crippen molar-refractivity contribution < 1.29 is 5.11 Å². The second-order valence-electron chi connectivity index (χ2n) is 4.18. The van der Waals surface area contributed by atoms with Gasteiger partial charge < -0.3 is 10.4 Å². The molecule has 2 N–H and O–H groups in total. The quantitative estimate of drug-likeness (QED) is 0.840. The molecule has 0 aliphatic carbocycles. The topological polar surface area (TPSA) is 32.3 Å². The SMILES string of the molecule is CC(NCc1cccc(O)c1)c1ccccc1. The smallest absolute Gasteiger partial charge is 0.115 e. The lowest BCUT2D eigenvalue weighted by atomic mass is 10.1. The fourth-order valence-electron chi connectivity index (χ4n) is 1.80. The van der Waals surface area contributed by atoms with Crippen LogP contribution < -0.4 is 5.32 Å². The van der Waals surface area contributed by atoms with E-state index >= 15 is 0 Å². The second-order valence-corrected chi connectivity index (χ2v) is 4.18. The molecule has 2 heteroatoms. The average molecular weight is 227 g/mol. The summed E-state index contributed by atoms with van der Waals surface area (Å²) < 4.78 is 0. The standard InChI is InChI=1S/C15H17NO/c1-12(14-7-3-2-4-8-14)16-11-13-6-5-9-15(17)10-13/h2-10,12,16-17H,11H2,1H3. The van der Waals surface area contributed by atoms with Gasteiger partial charge in [-0.1, -0.05) is 42.5 Å². The van der Waals surface area contributed by atoms with Gasteiger partial charge in [-0.3, -0.25) is 0 Å². The molecule has 0 amide bonds. The summed E-state index contributed by atoms with van der Waals surface area (Å²) in [5.74, 6) is 0.316. The molecular weight excluding hydrogens is 210 g/mol. The summed E-state index contributed by atoms with van der Waals surface area (Å²) in [5.41, 5.74) is 2.36. The third kappa shape index (κ3) is 3.33. The zero-order valence-electron chi connectivity index (χ0n) is 9.93. The van der Waals surface area contributed by atoms with Crippen LogP contribution in [0.5, 0.6) is 5.75 Å². The lowest BCUT2D eigenvalue weighted by Crippen LogP contribution is -2.17. The first kappa shape index (κ1) is 11.7. The van der Waals surface area contributed by atoms with Crippen LogP contribution in [0.2, 0.25) is 0 Å². The molecule has 0 saturated carbocycles. The monoisotopic (exact) mass is 227 g/mol. The summed E-state index contributed by atoms with van der Waals surface area (Å²) in [5, 5.41) is 12.8. The van der Waals surface area contributed by atoms with Crippen LogP contribution in [-0.2, 0) is 6.54 Å². The molecule has 0 fully saturated rings. The highest BCUT2D eigenvalue weighted by atomic mass is 16.3. The van der Waals surface area contributed by atoms with E-state index in [-0.39, 0.29) is 0 Å². The molecule has 0 aromatic heterocycles. The highest BCUT2D eigenvalue weighted by Gasteiger charge is 2.03. The predicted molar refractivity (Wildman–Crippen MR) is 69.8 cm³/mol. The van der Waals surface area contributed by atoms with E-state index in [9.17, 15) is 5.11 Å². The Bertz CT molecular complexity index is 467. The maximum Gasteiger partial charge on any atom is 0.115 e. The summed E-state index contributed by atoms with van der Waals surface area (Å²) in [6, 6.07) is 18.0. The van der Waals surface area contributed by atoms with Gasteiger partial charge in [0.15, 0.2) is 0 Å². The van der Waals surface area contributed by atoms with Crippen molar-refractivity contribution in [3.63, 3.8) is 0 Å². The molecule has 88 valence electrons. The molecule has 1 atom stereocenters. The molecule has 2 aromatic rings. The zero-order valence-corrected chi connectivity index (χ0v) is 9.93. The Morgan fingerprint density at radius 3 is 2.53 bits per heavy atom. The van der Waals surface area contributed by atoms with Crippen LogP contribution in [0.4, 0.5) is 0 Å². The summed E-state index contributed by atoms with van der Waals surface area (Å²) in [6.07, 6.45) is 0. The van der Waals surface area contributed by atoms with Gasteiger partial charge >= 0.3 is 0 Å². The van der Waals surface area contributed by atoms with Crippen LogP contribution in [0.1, 0.15) is 24.1 Å². The van der Waals surface area contributed by atoms with Gasteiger partial charge in [-0.05, 0) is 30.2 Å². The molecular formula is C15H17NO. The van der Waals surface area contributed by atoms with Crippen molar-refractivity contribution in [2.75, 3.05) is 0 Å². The molecule has 0 heterocycles. The maximum atomic E-state index is 9.37. The summed E-state index contributed by atoms with van der Waals surface area (Å²) >= 11 is 0. The molecule has 0 spiro atoms. The van der Waals surface area contributed by atoms with Crippen LogP contribution >= 0.6 is 0 Å². The van der Waals surface area contributed by atoms with Gasteiger partial charge in [0, 0.05) is 12.6 Å². The lowest BCUT2D eigenvalue weighted by Gasteiger charge is -2.14. The number of rotatable bonds is 4. The average Bonchev–Trinajstić information content (AvgIpc) is 2.37. The normalized spacial score (nSPS) is 12.3. The van der Waals surface area contributed by atoms with E-state index in [1.165, 1.54) is 5.56 Å². The van der Waals surface area contributed by atoms with E-state index in [4.69, 9.17) is 0 Å². The predicted octanol–water partition coefficient (Wildman–Crippen LogP) is 3.24. The van der Waals surface area contributed by atoms with Crippen molar-refractivity contribution in [3.8, 4) is 5.75 Å². The van der Waals surface area contributed by atoms with E-state index < -0.39 is 0 Å². The highest BCUT2D eigenvalue weighted by molar-refractivity contribution is 5.27. The number of phenols is 1. The first-order valence-electron chi connectivity index (χ1n) is 5.82. The van der Waals surface area contributed by atoms with E-state index in [0.29, 0.717) is 11.8 Å². The summed E-state index contributed by atoms with van der Waals surface area (Å²) in [7, 11) is 0. The van der Waals surface area contributed by atoms with Crippen LogP contribution in [0.15, 0.2) is 54.6 Å².